The van der Waals surface area contributed by atoms with Gasteiger partial charge in [0.2, 0.25) is 0 Å². The number of hydrogen-bond acceptors (Lipinski definition) is 3. The minimum Gasteiger partial charge on any atom is -0.349 e. The Morgan fingerprint density at radius 2 is 1.61 bits per heavy atom. The van der Waals surface area contributed by atoms with E-state index in [1.165, 1.54) is 32.1 Å². The largest absolute Gasteiger partial charge is 0.349 e. The van der Waals surface area contributed by atoms with Crippen LogP contribution < -0.4 is 10.6 Å². The van der Waals surface area contributed by atoms with E-state index in [1.807, 2.05) is 55.5 Å². The molecule has 0 saturated heterocycles. The summed E-state index contributed by atoms with van der Waals surface area (Å²) in [6.07, 6.45) is 7.03. The van der Waals surface area contributed by atoms with Crippen molar-refractivity contribution in [1.82, 2.24) is 20.4 Å². The van der Waals surface area contributed by atoms with Crippen LogP contribution in [0, 0.1) is 30.6 Å². The maximum atomic E-state index is 13.3. The van der Waals surface area contributed by atoms with Gasteiger partial charge in [-0.1, -0.05) is 47.5 Å². The molecule has 0 atom stereocenters. The summed E-state index contributed by atoms with van der Waals surface area (Å²) < 4.78 is 1.77. The molecule has 4 aliphatic rings. The zero-order valence-electron chi connectivity index (χ0n) is 20.5. The Morgan fingerprint density at radius 1 is 0.944 bits per heavy atom. The van der Waals surface area contributed by atoms with Crippen LogP contribution in [0.15, 0.2) is 48.5 Å². The molecule has 36 heavy (non-hydrogen) atoms. The molecule has 1 aromatic heterocycles. The minimum absolute atomic E-state index is 0.166. The maximum Gasteiger partial charge on any atom is 0.272 e. The van der Waals surface area contributed by atoms with E-state index in [2.05, 4.69) is 10.6 Å². The molecule has 0 radical (unpaired) electrons. The number of halogens is 2. The molecule has 5 nitrogen and oxygen atoms in total. The van der Waals surface area contributed by atoms with Crippen LogP contribution in [0.25, 0.3) is 16.9 Å². The Hall–Kier alpha value is -2.34. The van der Waals surface area contributed by atoms with Crippen LogP contribution in [-0.4, -0.2) is 34.8 Å². The zero-order valence-corrected chi connectivity index (χ0v) is 22.0. The van der Waals surface area contributed by atoms with Gasteiger partial charge in [0.15, 0.2) is 5.69 Å². The maximum absolute atomic E-state index is 13.3. The second kappa shape index (κ2) is 9.85. The quantitative estimate of drug-likeness (QED) is 0.358. The molecule has 0 spiro atoms. The molecule has 0 unspecified atom stereocenters. The van der Waals surface area contributed by atoms with E-state index in [9.17, 15) is 4.79 Å². The number of rotatable bonds is 7. The number of hydrogen-bond donors (Lipinski definition) is 2. The molecule has 0 aliphatic heterocycles. The summed E-state index contributed by atoms with van der Waals surface area (Å²) in [6.45, 7) is 3.30. The third-order valence-electron chi connectivity index (χ3n) is 8.55. The molecule has 2 N–H and O–H groups in total. The van der Waals surface area contributed by atoms with Gasteiger partial charge in [-0.05, 0) is 87.0 Å². The molecule has 4 aliphatic carbocycles. The van der Waals surface area contributed by atoms with Crippen molar-refractivity contribution in [1.29, 1.82) is 0 Å². The van der Waals surface area contributed by atoms with Crippen LogP contribution in [0.5, 0.6) is 0 Å². The monoisotopic (exact) mass is 522 g/mol. The van der Waals surface area contributed by atoms with Gasteiger partial charge in [0, 0.05) is 35.3 Å². The number of aromatic nitrogens is 2. The third-order valence-corrected chi connectivity index (χ3v) is 9.12. The van der Waals surface area contributed by atoms with Crippen molar-refractivity contribution in [2.75, 3.05) is 13.1 Å². The van der Waals surface area contributed by atoms with Crippen molar-refractivity contribution in [3.8, 4) is 16.9 Å². The van der Waals surface area contributed by atoms with Gasteiger partial charge in [-0.25, -0.2) is 4.68 Å². The number of carbonyl (C=O) groups is 1. The molecule has 4 fully saturated rings. The Bertz CT molecular complexity index is 1240. The van der Waals surface area contributed by atoms with Crippen molar-refractivity contribution in [3.05, 3.63) is 69.8 Å². The van der Waals surface area contributed by atoms with Gasteiger partial charge >= 0.3 is 0 Å². The zero-order chi connectivity index (χ0) is 24.8. The number of benzene rings is 2. The predicted molar refractivity (Wildman–Crippen MR) is 145 cm³/mol. The summed E-state index contributed by atoms with van der Waals surface area (Å²) in [4.78, 5) is 13.3. The lowest BCUT2D eigenvalue weighted by molar-refractivity contribution is -0.0133. The fourth-order valence-electron chi connectivity index (χ4n) is 7.21. The lowest BCUT2D eigenvalue weighted by Gasteiger charge is -2.54. The standard InChI is InChI=1S/C29H32Cl2N4O/c1-17-26(29(36)33-11-10-32-27-21-13-18-12-19(15-21)16-22(27)14-18)34-35(25-5-3-2-4-24(25)31)28(17)20-6-8-23(30)9-7-20/h2-9,18-19,21-22,27,32H,10-16H2,1H3,(H,33,36)/t18-,19+,21-,22+,27?. The molecule has 4 saturated carbocycles. The molecule has 1 heterocycles. The van der Waals surface area contributed by atoms with Crippen LogP contribution in [0.2, 0.25) is 10.0 Å². The molecule has 2 aromatic carbocycles. The summed E-state index contributed by atoms with van der Waals surface area (Å²) in [5.41, 5.74) is 3.71. The first-order valence-corrected chi connectivity index (χ1v) is 13.9. The van der Waals surface area contributed by atoms with Crippen LogP contribution in [-0.2, 0) is 0 Å². The summed E-state index contributed by atoms with van der Waals surface area (Å²) in [5, 5.41) is 12.9. The van der Waals surface area contributed by atoms with Crippen LogP contribution in [0.4, 0.5) is 0 Å². The minimum atomic E-state index is -0.166. The normalized spacial score (nSPS) is 26.4. The molecule has 1 amide bonds. The topological polar surface area (TPSA) is 59.0 Å². The molecule has 7 rings (SSSR count). The van der Waals surface area contributed by atoms with E-state index in [0.29, 0.717) is 28.3 Å². The number of nitrogens with one attached hydrogen (secondary N) is 2. The first-order valence-electron chi connectivity index (χ1n) is 13.1. The van der Waals surface area contributed by atoms with Gasteiger partial charge in [0.1, 0.15) is 0 Å². The fourth-order valence-corrected chi connectivity index (χ4v) is 7.55. The second-order valence-corrected chi connectivity index (χ2v) is 11.7. The Balaban J connectivity index is 1.18. The van der Waals surface area contributed by atoms with Gasteiger partial charge in [0.05, 0.1) is 16.4 Å². The average Bonchev–Trinajstić information content (AvgIpc) is 3.20. The first kappa shape index (κ1) is 24.0. The Kier molecular flexibility index (Phi) is 6.57. The van der Waals surface area contributed by atoms with Crippen LogP contribution in [0.3, 0.4) is 0 Å². The molecular formula is C29H32Cl2N4O. The van der Waals surface area contributed by atoms with Crippen molar-refractivity contribution in [2.45, 2.75) is 45.1 Å². The fraction of sp³-hybridized carbons (Fsp3) is 0.448. The van der Waals surface area contributed by atoms with Crippen LogP contribution in [0.1, 0.15) is 48.2 Å². The molecule has 7 heteroatoms. The molecule has 4 bridgehead atoms. The molecular weight excluding hydrogens is 491 g/mol. The van der Waals surface area contributed by atoms with Crippen molar-refractivity contribution in [3.63, 3.8) is 0 Å². The number of para-hydroxylation sites is 1. The smallest absolute Gasteiger partial charge is 0.272 e. The van der Waals surface area contributed by atoms with Crippen LogP contribution >= 0.6 is 23.2 Å². The van der Waals surface area contributed by atoms with E-state index in [0.717, 1.165) is 52.7 Å². The second-order valence-electron chi connectivity index (χ2n) is 10.9. The highest BCUT2D eigenvalue weighted by atomic mass is 35.5. The van der Waals surface area contributed by atoms with E-state index in [1.54, 1.807) is 4.68 Å². The Morgan fingerprint density at radius 3 is 2.28 bits per heavy atom. The summed E-state index contributed by atoms with van der Waals surface area (Å²) in [5.74, 6) is 3.42. The van der Waals surface area contributed by atoms with E-state index < -0.39 is 0 Å². The SMILES string of the molecule is Cc1c(C(=O)NCCNC2[C@H]3C[C@@H]4C[C@@H](C[C@H]2C4)C3)nn(-c2ccccc2Cl)c1-c1ccc(Cl)cc1. The summed E-state index contributed by atoms with van der Waals surface area (Å²) in [7, 11) is 0. The lowest BCUT2D eigenvalue weighted by atomic mass is 9.54. The molecule has 3 aromatic rings. The van der Waals surface area contributed by atoms with Gasteiger partial charge < -0.3 is 10.6 Å². The highest BCUT2D eigenvalue weighted by Crippen LogP contribution is 2.53. The highest BCUT2D eigenvalue weighted by molar-refractivity contribution is 6.32. The van der Waals surface area contributed by atoms with Gasteiger partial charge in [-0.2, -0.15) is 5.10 Å². The summed E-state index contributed by atoms with van der Waals surface area (Å²) >= 11 is 12.7. The number of nitrogens with zero attached hydrogens (tertiary/aromatic N) is 2. The first-order chi connectivity index (χ1) is 17.5. The Labute approximate surface area is 222 Å². The third kappa shape index (κ3) is 4.46. The van der Waals surface area contributed by atoms with E-state index in [-0.39, 0.29) is 5.91 Å². The van der Waals surface area contributed by atoms with E-state index in [4.69, 9.17) is 28.3 Å². The van der Waals surface area contributed by atoms with Gasteiger partial charge in [-0.15, -0.1) is 0 Å². The average molecular weight is 524 g/mol. The predicted octanol–water partition coefficient (Wildman–Crippen LogP) is 6.30. The van der Waals surface area contributed by atoms with Crippen molar-refractivity contribution >= 4 is 29.1 Å². The van der Waals surface area contributed by atoms with Gasteiger partial charge in [0.25, 0.3) is 5.91 Å². The van der Waals surface area contributed by atoms with Crippen molar-refractivity contribution < 1.29 is 4.79 Å². The summed E-state index contributed by atoms with van der Waals surface area (Å²) in [6, 6.07) is 15.7. The van der Waals surface area contributed by atoms with Gasteiger partial charge in [-0.3, -0.25) is 4.79 Å². The lowest BCUT2D eigenvalue weighted by Crippen LogP contribution is -2.55. The number of carbonyl (C=O) groups excluding carboxylic acids is 1. The van der Waals surface area contributed by atoms with Crippen molar-refractivity contribution in [2.24, 2.45) is 23.7 Å². The number of amides is 1. The van der Waals surface area contributed by atoms with E-state index >= 15 is 0 Å². The molecule has 188 valence electrons. The highest BCUT2D eigenvalue weighted by Gasteiger charge is 2.47.